The Morgan fingerprint density at radius 1 is 0.939 bits per heavy atom. The average Bonchev–Trinajstić information content (AvgIpc) is 2.83. The molecule has 2 aromatic rings. The molecular formula is C27H30N2O4. The average molecular weight is 447 g/mol. The van der Waals surface area contributed by atoms with Gasteiger partial charge in [-0.3, -0.25) is 4.79 Å². The van der Waals surface area contributed by atoms with Gasteiger partial charge >= 0.3 is 5.97 Å². The summed E-state index contributed by atoms with van der Waals surface area (Å²) in [6.45, 7) is 5.37. The van der Waals surface area contributed by atoms with Gasteiger partial charge in [0.25, 0.3) is 5.91 Å². The number of carbonyl (C=O) groups is 2. The van der Waals surface area contributed by atoms with E-state index in [2.05, 4.69) is 12.2 Å². The van der Waals surface area contributed by atoms with Crippen molar-refractivity contribution < 1.29 is 19.1 Å². The van der Waals surface area contributed by atoms with Crippen LogP contribution in [0.25, 0.3) is 12.2 Å². The van der Waals surface area contributed by atoms with Crippen molar-refractivity contribution in [3.8, 4) is 17.6 Å². The molecule has 0 spiro atoms. The molecule has 0 aromatic heterocycles. The fourth-order valence-electron chi connectivity index (χ4n) is 2.75. The van der Waals surface area contributed by atoms with E-state index in [0.717, 1.165) is 37.0 Å². The van der Waals surface area contributed by atoms with E-state index in [-0.39, 0.29) is 5.57 Å². The summed E-state index contributed by atoms with van der Waals surface area (Å²) < 4.78 is 10.9. The lowest BCUT2D eigenvalue weighted by Crippen LogP contribution is -2.25. The van der Waals surface area contributed by atoms with Crippen LogP contribution in [0.4, 0.5) is 0 Å². The highest BCUT2D eigenvalue weighted by molar-refractivity contribution is 6.01. The topological polar surface area (TPSA) is 88.4 Å². The Balaban J connectivity index is 1.90. The van der Waals surface area contributed by atoms with Gasteiger partial charge in [-0.1, -0.05) is 51.0 Å². The molecule has 2 rings (SSSR count). The number of unbranched alkanes of at least 4 members (excludes halogenated alkanes) is 2. The van der Waals surface area contributed by atoms with Gasteiger partial charge in [0.2, 0.25) is 0 Å². The predicted octanol–water partition coefficient (Wildman–Crippen LogP) is 5.31. The highest BCUT2D eigenvalue weighted by Crippen LogP contribution is 2.16. The van der Waals surface area contributed by atoms with Crippen LogP contribution in [0.15, 0.2) is 60.2 Å². The smallest absolute Gasteiger partial charge is 0.336 e. The molecule has 1 N–H and O–H groups in total. The summed E-state index contributed by atoms with van der Waals surface area (Å²) in [4.78, 5) is 24.2. The third-order valence-electron chi connectivity index (χ3n) is 4.65. The first-order valence-corrected chi connectivity index (χ1v) is 11.2. The van der Waals surface area contributed by atoms with Gasteiger partial charge in [0, 0.05) is 12.6 Å². The van der Waals surface area contributed by atoms with Gasteiger partial charge in [0.05, 0.1) is 6.61 Å². The van der Waals surface area contributed by atoms with Gasteiger partial charge in [0.15, 0.2) is 0 Å². The zero-order valence-corrected chi connectivity index (χ0v) is 19.2. The molecule has 0 fully saturated rings. The normalized spacial score (nSPS) is 11.1. The van der Waals surface area contributed by atoms with Gasteiger partial charge in [-0.15, -0.1) is 0 Å². The molecule has 1 amide bonds. The Morgan fingerprint density at radius 3 is 2.21 bits per heavy atom. The molecule has 33 heavy (non-hydrogen) atoms. The highest BCUT2D eigenvalue weighted by Gasteiger charge is 2.08. The number of nitrogens with zero attached hydrogens (tertiary/aromatic N) is 1. The number of benzene rings is 2. The van der Waals surface area contributed by atoms with Crippen LogP contribution in [-0.4, -0.2) is 25.0 Å². The van der Waals surface area contributed by atoms with E-state index >= 15 is 0 Å². The molecule has 0 saturated heterocycles. The summed E-state index contributed by atoms with van der Waals surface area (Å²) in [7, 11) is 0. The van der Waals surface area contributed by atoms with Crippen molar-refractivity contribution in [2.24, 2.45) is 0 Å². The zero-order chi connectivity index (χ0) is 23.9. The molecule has 0 heterocycles. The van der Waals surface area contributed by atoms with E-state index in [1.54, 1.807) is 30.3 Å². The number of nitriles is 1. The maximum Gasteiger partial charge on any atom is 0.336 e. The molecule has 0 aliphatic rings. The Labute approximate surface area is 195 Å². The Hall–Kier alpha value is -3.85. The molecule has 0 aliphatic carbocycles. The molecule has 6 nitrogen and oxygen atoms in total. The molecule has 0 bridgehead atoms. The summed E-state index contributed by atoms with van der Waals surface area (Å²) in [6, 6.07) is 16.0. The van der Waals surface area contributed by atoms with E-state index in [0.29, 0.717) is 24.5 Å². The molecule has 0 atom stereocenters. The molecule has 0 unspecified atom stereocenters. The maximum atomic E-state index is 12.1. The van der Waals surface area contributed by atoms with Crippen LogP contribution in [-0.2, 0) is 9.59 Å². The number of ether oxygens (including phenoxy) is 2. The number of carbonyl (C=O) groups excluding carboxylic acids is 2. The summed E-state index contributed by atoms with van der Waals surface area (Å²) in [6.07, 6.45) is 8.45. The number of nitrogens with one attached hydrogen (secondary N) is 1. The molecule has 6 heteroatoms. The third kappa shape index (κ3) is 9.44. The summed E-state index contributed by atoms with van der Waals surface area (Å²) in [5.41, 5.74) is 1.55. The van der Waals surface area contributed by atoms with Crippen LogP contribution in [0, 0.1) is 11.3 Å². The van der Waals surface area contributed by atoms with Crippen LogP contribution >= 0.6 is 0 Å². The van der Waals surface area contributed by atoms with Crippen LogP contribution in [0.3, 0.4) is 0 Å². The monoisotopic (exact) mass is 446 g/mol. The maximum absolute atomic E-state index is 12.1. The molecule has 2 aromatic carbocycles. The quantitative estimate of drug-likeness (QED) is 0.157. The lowest BCUT2D eigenvalue weighted by Gasteiger charge is -2.05. The van der Waals surface area contributed by atoms with Crippen LogP contribution < -0.4 is 14.8 Å². The first kappa shape index (κ1) is 25.4. The van der Waals surface area contributed by atoms with E-state index < -0.39 is 11.9 Å². The molecule has 0 radical (unpaired) electrons. The number of hydrogen-bond acceptors (Lipinski definition) is 5. The molecule has 0 saturated carbocycles. The molecule has 172 valence electrons. The van der Waals surface area contributed by atoms with E-state index in [1.165, 1.54) is 12.2 Å². The van der Waals surface area contributed by atoms with E-state index in [4.69, 9.17) is 9.47 Å². The second-order valence-corrected chi connectivity index (χ2v) is 7.37. The largest absolute Gasteiger partial charge is 0.494 e. The molecule has 0 aliphatic heterocycles. The van der Waals surface area contributed by atoms with Crippen molar-refractivity contribution in [3.05, 3.63) is 71.3 Å². The summed E-state index contributed by atoms with van der Waals surface area (Å²) in [5, 5.41) is 12.0. The van der Waals surface area contributed by atoms with Gasteiger partial charge in [0.1, 0.15) is 23.1 Å². The Morgan fingerprint density at radius 2 is 1.58 bits per heavy atom. The SMILES string of the molecule is CCCCNC(=O)/C(C#N)=C/c1ccc(OC(=O)/C=C/c2ccc(OCCCC)cc2)cc1. The zero-order valence-electron chi connectivity index (χ0n) is 19.2. The third-order valence-corrected chi connectivity index (χ3v) is 4.65. The number of rotatable bonds is 12. The Kier molecular flexibility index (Phi) is 11.0. The van der Waals surface area contributed by atoms with Crippen LogP contribution in [0.2, 0.25) is 0 Å². The van der Waals surface area contributed by atoms with Gasteiger partial charge < -0.3 is 14.8 Å². The number of esters is 1. The van der Waals surface area contributed by atoms with E-state index in [9.17, 15) is 14.9 Å². The van der Waals surface area contributed by atoms with Crippen molar-refractivity contribution in [2.75, 3.05) is 13.2 Å². The Bertz CT molecular complexity index is 1000. The van der Waals surface area contributed by atoms with Gasteiger partial charge in [-0.25, -0.2) is 4.79 Å². The second kappa shape index (κ2) is 14.3. The fraction of sp³-hybridized carbons (Fsp3) is 0.296. The number of hydrogen-bond donors (Lipinski definition) is 1. The van der Waals surface area contributed by atoms with Crippen molar-refractivity contribution in [3.63, 3.8) is 0 Å². The van der Waals surface area contributed by atoms with Crippen molar-refractivity contribution in [1.29, 1.82) is 5.26 Å². The standard InChI is InChI=1S/C27H30N2O4/c1-3-5-17-29-27(31)23(20-28)19-22-9-14-25(15-10-22)33-26(30)16-11-21-7-12-24(13-8-21)32-18-6-4-2/h7-16,19H,3-6,17-18H2,1-2H3,(H,29,31)/b16-11+,23-19+. The minimum atomic E-state index is -0.505. The lowest BCUT2D eigenvalue weighted by atomic mass is 10.1. The summed E-state index contributed by atoms with van der Waals surface area (Å²) in [5.74, 6) is 0.268. The molecular weight excluding hydrogens is 416 g/mol. The minimum absolute atomic E-state index is 0.0283. The fourth-order valence-corrected chi connectivity index (χ4v) is 2.75. The van der Waals surface area contributed by atoms with E-state index in [1.807, 2.05) is 37.3 Å². The predicted molar refractivity (Wildman–Crippen MR) is 129 cm³/mol. The van der Waals surface area contributed by atoms with Crippen LogP contribution in [0.1, 0.15) is 50.7 Å². The summed E-state index contributed by atoms with van der Waals surface area (Å²) >= 11 is 0. The first-order chi connectivity index (χ1) is 16.0. The van der Waals surface area contributed by atoms with Gasteiger partial charge in [-0.05, 0) is 60.4 Å². The van der Waals surface area contributed by atoms with Crippen molar-refractivity contribution in [2.45, 2.75) is 39.5 Å². The van der Waals surface area contributed by atoms with Crippen LogP contribution in [0.5, 0.6) is 11.5 Å². The second-order valence-electron chi connectivity index (χ2n) is 7.37. The first-order valence-electron chi connectivity index (χ1n) is 11.2. The highest BCUT2D eigenvalue weighted by atomic mass is 16.5. The minimum Gasteiger partial charge on any atom is -0.494 e. The number of amides is 1. The van der Waals surface area contributed by atoms with Crippen molar-refractivity contribution >= 4 is 24.0 Å². The van der Waals surface area contributed by atoms with Crippen molar-refractivity contribution in [1.82, 2.24) is 5.32 Å². The van der Waals surface area contributed by atoms with Gasteiger partial charge in [-0.2, -0.15) is 5.26 Å². The lowest BCUT2D eigenvalue weighted by molar-refractivity contribution is -0.128.